The SMILES string of the molecule is O=C1CCCCCCC12CCCO2. The molecular weight excluding hydrogens is 164 g/mol. The molecule has 1 aliphatic carbocycles. The molecule has 1 spiro atoms. The maximum Gasteiger partial charge on any atom is 0.164 e. The molecule has 0 bridgehead atoms. The van der Waals surface area contributed by atoms with Crippen LogP contribution in [0.2, 0.25) is 0 Å². The molecule has 0 radical (unpaired) electrons. The number of Topliss-reactive ketones (excluding diaryl/α,β-unsaturated/α-hetero) is 1. The summed E-state index contributed by atoms with van der Waals surface area (Å²) in [6.45, 7) is 0.797. The first-order chi connectivity index (χ1) is 6.33. The van der Waals surface area contributed by atoms with E-state index in [1.165, 1.54) is 19.3 Å². The minimum atomic E-state index is -0.333. The highest BCUT2D eigenvalue weighted by Crippen LogP contribution is 2.35. The second-order valence-electron chi connectivity index (χ2n) is 4.28. The van der Waals surface area contributed by atoms with Crippen LogP contribution in [-0.4, -0.2) is 18.0 Å². The van der Waals surface area contributed by atoms with Gasteiger partial charge in [0.1, 0.15) is 5.60 Å². The Morgan fingerprint density at radius 1 is 1.00 bits per heavy atom. The average molecular weight is 182 g/mol. The molecule has 2 aliphatic rings. The van der Waals surface area contributed by atoms with Gasteiger partial charge in [-0.25, -0.2) is 0 Å². The zero-order chi connectivity index (χ0) is 9.15. The van der Waals surface area contributed by atoms with Gasteiger partial charge in [-0.05, 0) is 25.7 Å². The molecule has 2 heteroatoms. The number of ether oxygens (including phenoxy) is 1. The van der Waals surface area contributed by atoms with Crippen LogP contribution in [0.5, 0.6) is 0 Å². The summed E-state index contributed by atoms with van der Waals surface area (Å²) in [5.41, 5.74) is -0.333. The van der Waals surface area contributed by atoms with E-state index < -0.39 is 0 Å². The van der Waals surface area contributed by atoms with E-state index in [1.807, 2.05) is 0 Å². The third-order valence-corrected chi connectivity index (χ3v) is 3.35. The Balaban J connectivity index is 2.07. The normalized spacial score (nSPS) is 36.2. The van der Waals surface area contributed by atoms with Crippen LogP contribution in [0.1, 0.15) is 51.4 Å². The van der Waals surface area contributed by atoms with Gasteiger partial charge in [-0.2, -0.15) is 0 Å². The Kier molecular flexibility index (Phi) is 2.68. The van der Waals surface area contributed by atoms with E-state index in [2.05, 4.69) is 0 Å². The first-order valence-electron chi connectivity index (χ1n) is 5.51. The number of ketones is 1. The zero-order valence-electron chi connectivity index (χ0n) is 8.18. The predicted molar refractivity (Wildman–Crippen MR) is 50.6 cm³/mol. The smallest absolute Gasteiger partial charge is 0.164 e. The van der Waals surface area contributed by atoms with Crippen LogP contribution in [0.25, 0.3) is 0 Å². The third-order valence-electron chi connectivity index (χ3n) is 3.35. The summed E-state index contributed by atoms with van der Waals surface area (Å²) in [5.74, 6) is 0.379. The molecule has 1 heterocycles. The van der Waals surface area contributed by atoms with Crippen LogP contribution in [0, 0.1) is 0 Å². The van der Waals surface area contributed by atoms with Crippen LogP contribution in [0.4, 0.5) is 0 Å². The molecule has 2 rings (SSSR count). The summed E-state index contributed by atoms with van der Waals surface area (Å²) in [5, 5.41) is 0. The van der Waals surface area contributed by atoms with Gasteiger partial charge in [0.2, 0.25) is 0 Å². The van der Waals surface area contributed by atoms with Gasteiger partial charge in [-0.15, -0.1) is 0 Å². The molecule has 13 heavy (non-hydrogen) atoms. The lowest BCUT2D eigenvalue weighted by atomic mass is 9.84. The second-order valence-corrected chi connectivity index (χ2v) is 4.28. The second kappa shape index (κ2) is 3.79. The highest BCUT2D eigenvalue weighted by molar-refractivity contribution is 5.87. The molecule has 0 aromatic carbocycles. The van der Waals surface area contributed by atoms with Gasteiger partial charge >= 0.3 is 0 Å². The fraction of sp³-hybridized carbons (Fsp3) is 0.909. The van der Waals surface area contributed by atoms with Gasteiger partial charge in [0.05, 0.1) is 0 Å². The summed E-state index contributed by atoms with van der Waals surface area (Å²) >= 11 is 0. The predicted octanol–water partition coefficient (Wildman–Crippen LogP) is 2.46. The van der Waals surface area contributed by atoms with E-state index in [-0.39, 0.29) is 5.60 Å². The van der Waals surface area contributed by atoms with Crippen molar-refractivity contribution in [1.29, 1.82) is 0 Å². The van der Waals surface area contributed by atoms with Crippen molar-refractivity contribution in [3.05, 3.63) is 0 Å². The van der Waals surface area contributed by atoms with Gasteiger partial charge < -0.3 is 4.74 Å². The number of rotatable bonds is 0. The minimum absolute atomic E-state index is 0.333. The van der Waals surface area contributed by atoms with Crippen LogP contribution in [-0.2, 0) is 9.53 Å². The van der Waals surface area contributed by atoms with Crippen molar-refractivity contribution in [1.82, 2.24) is 0 Å². The number of carbonyl (C=O) groups is 1. The molecule has 2 nitrogen and oxygen atoms in total. The van der Waals surface area contributed by atoms with Gasteiger partial charge in [0.25, 0.3) is 0 Å². The Labute approximate surface area is 79.7 Å². The maximum atomic E-state index is 11.9. The van der Waals surface area contributed by atoms with Crippen molar-refractivity contribution in [2.75, 3.05) is 6.61 Å². The summed E-state index contributed by atoms with van der Waals surface area (Å²) in [7, 11) is 0. The monoisotopic (exact) mass is 182 g/mol. The molecule has 1 unspecified atom stereocenters. The molecule has 1 saturated carbocycles. The lowest BCUT2D eigenvalue weighted by Crippen LogP contribution is -2.38. The highest BCUT2D eigenvalue weighted by Gasteiger charge is 2.41. The van der Waals surface area contributed by atoms with Crippen LogP contribution in [0.15, 0.2) is 0 Å². The van der Waals surface area contributed by atoms with E-state index in [1.54, 1.807) is 0 Å². The van der Waals surface area contributed by atoms with Crippen molar-refractivity contribution >= 4 is 5.78 Å². The van der Waals surface area contributed by atoms with Gasteiger partial charge in [0, 0.05) is 13.0 Å². The van der Waals surface area contributed by atoms with Crippen molar-refractivity contribution in [3.63, 3.8) is 0 Å². The highest BCUT2D eigenvalue weighted by atomic mass is 16.5. The molecule has 0 aromatic rings. The summed E-state index contributed by atoms with van der Waals surface area (Å²) in [6, 6.07) is 0. The molecule has 74 valence electrons. The largest absolute Gasteiger partial charge is 0.367 e. The Hall–Kier alpha value is -0.370. The molecule has 0 N–H and O–H groups in total. The molecular formula is C11H18O2. The first-order valence-corrected chi connectivity index (χ1v) is 5.51. The number of carbonyl (C=O) groups excluding carboxylic acids is 1. The molecule has 2 fully saturated rings. The summed E-state index contributed by atoms with van der Waals surface area (Å²) in [6.07, 6.45) is 8.53. The zero-order valence-corrected chi connectivity index (χ0v) is 8.18. The molecule has 1 saturated heterocycles. The lowest BCUT2D eigenvalue weighted by molar-refractivity contribution is -0.140. The molecule has 1 aliphatic heterocycles. The Morgan fingerprint density at radius 2 is 1.77 bits per heavy atom. The van der Waals surface area contributed by atoms with Gasteiger partial charge in [-0.3, -0.25) is 4.79 Å². The van der Waals surface area contributed by atoms with Crippen molar-refractivity contribution in [2.24, 2.45) is 0 Å². The Bertz CT molecular complexity index is 192. The number of hydrogen-bond donors (Lipinski definition) is 0. The molecule has 1 atom stereocenters. The van der Waals surface area contributed by atoms with Crippen LogP contribution < -0.4 is 0 Å². The Morgan fingerprint density at radius 3 is 2.54 bits per heavy atom. The topological polar surface area (TPSA) is 26.3 Å². The number of hydrogen-bond acceptors (Lipinski definition) is 2. The average Bonchev–Trinajstić information content (AvgIpc) is 2.58. The van der Waals surface area contributed by atoms with Crippen molar-refractivity contribution in [3.8, 4) is 0 Å². The standard InChI is InChI=1S/C11H18O2/c12-10-6-3-1-2-4-7-11(10)8-5-9-13-11/h1-9H2. The quantitative estimate of drug-likeness (QED) is 0.575. The van der Waals surface area contributed by atoms with E-state index in [0.29, 0.717) is 5.78 Å². The summed E-state index contributed by atoms with van der Waals surface area (Å²) < 4.78 is 5.68. The van der Waals surface area contributed by atoms with Crippen molar-refractivity contribution in [2.45, 2.75) is 57.0 Å². The maximum absolute atomic E-state index is 11.9. The first kappa shape index (κ1) is 9.20. The van der Waals surface area contributed by atoms with E-state index in [0.717, 1.165) is 38.7 Å². The summed E-state index contributed by atoms with van der Waals surface area (Å²) in [4.78, 5) is 11.9. The molecule has 0 aromatic heterocycles. The lowest BCUT2D eigenvalue weighted by Gasteiger charge is -2.28. The van der Waals surface area contributed by atoms with Gasteiger partial charge in [-0.1, -0.05) is 19.3 Å². The van der Waals surface area contributed by atoms with Crippen molar-refractivity contribution < 1.29 is 9.53 Å². The third kappa shape index (κ3) is 1.78. The molecule has 0 amide bonds. The van der Waals surface area contributed by atoms with Crippen LogP contribution >= 0.6 is 0 Å². The van der Waals surface area contributed by atoms with Gasteiger partial charge in [0.15, 0.2) is 5.78 Å². The fourth-order valence-corrected chi connectivity index (χ4v) is 2.53. The van der Waals surface area contributed by atoms with E-state index >= 15 is 0 Å². The fourth-order valence-electron chi connectivity index (χ4n) is 2.53. The minimum Gasteiger partial charge on any atom is -0.367 e. The van der Waals surface area contributed by atoms with E-state index in [9.17, 15) is 4.79 Å². The van der Waals surface area contributed by atoms with E-state index in [4.69, 9.17) is 4.74 Å². The van der Waals surface area contributed by atoms with Crippen LogP contribution in [0.3, 0.4) is 0 Å².